The first-order valence-corrected chi connectivity index (χ1v) is 5.46. The van der Waals surface area contributed by atoms with Crippen molar-refractivity contribution in [2.75, 3.05) is 13.1 Å². The maximum absolute atomic E-state index is 9.08. The molecule has 0 spiro atoms. The highest BCUT2D eigenvalue weighted by Crippen LogP contribution is 2.20. The van der Waals surface area contributed by atoms with Crippen molar-refractivity contribution in [1.82, 2.24) is 5.32 Å². The molecule has 0 heterocycles. The SMILES string of the molecule is Cc1cc(Cl)ccc1C(C#N)NCCN=[N+]=[N-]. The van der Waals surface area contributed by atoms with Crippen molar-refractivity contribution in [3.63, 3.8) is 0 Å². The molecule has 17 heavy (non-hydrogen) atoms. The summed E-state index contributed by atoms with van der Waals surface area (Å²) < 4.78 is 0. The average Bonchev–Trinajstić information content (AvgIpc) is 2.31. The zero-order valence-electron chi connectivity index (χ0n) is 9.39. The van der Waals surface area contributed by atoms with Crippen molar-refractivity contribution in [1.29, 1.82) is 5.26 Å². The summed E-state index contributed by atoms with van der Waals surface area (Å²) in [4.78, 5) is 2.64. The minimum Gasteiger partial charge on any atom is -0.298 e. The summed E-state index contributed by atoms with van der Waals surface area (Å²) in [6.07, 6.45) is 0. The molecule has 0 aliphatic carbocycles. The molecule has 1 aromatic carbocycles. The molecule has 1 unspecified atom stereocenters. The fourth-order valence-corrected chi connectivity index (χ4v) is 1.72. The van der Waals surface area contributed by atoms with Crippen molar-refractivity contribution in [2.45, 2.75) is 13.0 Å². The number of nitrogens with one attached hydrogen (secondary N) is 1. The largest absolute Gasteiger partial charge is 0.298 e. The molecule has 0 saturated carbocycles. The summed E-state index contributed by atoms with van der Waals surface area (Å²) in [5.41, 5.74) is 9.98. The van der Waals surface area contributed by atoms with Crippen LogP contribution < -0.4 is 5.32 Å². The molecule has 0 fully saturated rings. The molecule has 0 aliphatic heterocycles. The molecule has 1 rings (SSSR count). The number of hydrogen-bond donors (Lipinski definition) is 1. The minimum absolute atomic E-state index is 0.321. The number of nitriles is 1. The van der Waals surface area contributed by atoms with Gasteiger partial charge in [-0.2, -0.15) is 5.26 Å². The van der Waals surface area contributed by atoms with E-state index in [1.54, 1.807) is 6.07 Å². The highest BCUT2D eigenvalue weighted by molar-refractivity contribution is 6.30. The molecule has 0 bridgehead atoms. The summed E-state index contributed by atoms with van der Waals surface area (Å²) in [5, 5.41) is 16.1. The van der Waals surface area contributed by atoms with Crippen LogP contribution in [0.1, 0.15) is 17.2 Å². The van der Waals surface area contributed by atoms with Gasteiger partial charge in [0.05, 0.1) is 6.07 Å². The van der Waals surface area contributed by atoms with Gasteiger partial charge in [0.2, 0.25) is 0 Å². The second kappa shape index (κ2) is 6.77. The van der Waals surface area contributed by atoms with Crippen molar-refractivity contribution in [3.8, 4) is 6.07 Å². The van der Waals surface area contributed by atoms with Gasteiger partial charge in [0, 0.05) is 23.0 Å². The Balaban J connectivity index is 2.73. The van der Waals surface area contributed by atoms with E-state index in [4.69, 9.17) is 22.4 Å². The quantitative estimate of drug-likeness (QED) is 0.376. The van der Waals surface area contributed by atoms with Gasteiger partial charge in [0.1, 0.15) is 6.04 Å². The Morgan fingerprint density at radius 3 is 3.00 bits per heavy atom. The Kier molecular flexibility index (Phi) is 5.31. The van der Waals surface area contributed by atoms with E-state index in [0.717, 1.165) is 11.1 Å². The lowest BCUT2D eigenvalue weighted by Gasteiger charge is -2.13. The molecular weight excluding hydrogens is 238 g/mol. The van der Waals surface area contributed by atoms with Gasteiger partial charge in [-0.3, -0.25) is 5.32 Å². The van der Waals surface area contributed by atoms with E-state index in [0.29, 0.717) is 18.1 Å². The monoisotopic (exact) mass is 249 g/mol. The Labute approximate surface area is 105 Å². The molecule has 6 heteroatoms. The van der Waals surface area contributed by atoms with E-state index in [1.807, 2.05) is 19.1 Å². The van der Waals surface area contributed by atoms with E-state index in [-0.39, 0.29) is 0 Å². The summed E-state index contributed by atoms with van der Waals surface area (Å²) in [6, 6.07) is 7.15. The molecule has 0 aliphatic rings. The summed E-state index contributed by atoms with van der Waals surface area (Å²) in [6.45, 7) is 2.69. The van der Waals surface area contributed by atoms with E-state index < -0.39 is 6.04 Å². The van der Waals surface area contributed by atoms with Crippen LogP contribution in [0.15, 0.2) is 23.3 Å². The third-order valence-corrected chi connectivity index (χ3v) is 2.53. The standard InChI is InChI=1S/C11H12ClN5/c1-8-6-9(12)2-3-10(8)11(7-13)15-4-5-16-17-14/h2-3,6,11,15H,4-5H2,1H3. The van der Waals surface area contributed by atoms with E-state index in [1.165, 1.54) is 0 Å². The second-order valence-electron chi connectivity index (χ2n) is 3.47. The first kappa shape index (κ1) is 13.3. The number of rotatable bonds is 5. The van der Waals surface area contributed by atoms with Gasteiger partial charge in [-0.05, 0) is 35.7 Å². The fraction of sp³-hybridized carbons (Fsp3) is 0.364. The highest BCUT2D eigenvalue weighted by Gasteiger charge is 2.11. The van der Waals surface area contributed by atoms with Crippen LogP contribution in [0.3, 0.4) is 0 Å². The maximum Gasteiger partial charge on any atom is 0.121 e. The van der Waals surface area contributed by atoms with E-state index >= 15 is 0 Å². The third kappa shape index (κ3) is 3.97. The van der Waals surface area contributed by atoms with Gasteiger partial charge in [-0.25, -0.2) is 0 Å². The second-order valence-corrected chi connectivity index (χ2v) is 3.91. The van der Waals surface area contributed by atoms with Gasteiger partial charge >= 0.3 is 0 Å². The number of hydrogen-bond acceptors (Lipinski definition) is 3. The molecule has 1 aromatic rings. The predicted octanol–water partition coefficient (Wildman–Crippen LogP) is 3.11. The van der Waals surface area contributed by atoms with Crippen LogP contribution >= 0.6 is 11.6 Å². The third-order valence-electron chi connectivity index (χ3n) is 2.30. The smallest absolute Gasteiger partial charge is 0.121 e. The molecule has 5 nitrogen and oxygen atoms in total. The molecule has 88 valence electrons. The molecule has 1 N–H and O–H groups in total. The summed E-state index contributed by atoms with van der Waals surface area (Å²) in [5.74, 6) is 0. The Morgan fingerprint density at radius 1 is 1.65 bits per heavy atom. The van der Waals surface area contributed by atoms with Crippen LogP contribution in [0, 0.1) is 18.3 Å². The molecule has 1 atom stereocenters. The first-order chi connectivity index (χ1) is 8.19. The van der Waals surface area contributed by atoms with Crippen LogP contribution in [-0.4, -0.2) is 13.1 Å². The lowest BCUT2D eigenvalue weighted by atomic mass is 10.0. The van der Waals surface area contributed by atoms with Crippen LogP contribution in [0.4, 0.5) is 0 Å². The normalized spacial score (nSPS) is 11.4. The highest BCUT2D eigenvalue weighted by atomic mass is 35.5. The predicted molar refractivity (Wildman–Crippen MR) is 66.6 cm³/mol. The zero-order valence-corrected chi connectivity index (χ0v) is 10.1. The van der Waals surface area contributed by atoms with Crippen molar-refractivity contribution in [3.05, 3.63) is 44.8 Å². The summed E-state index contributed by atoms with van der Waals surface area (Å²) >= 11 is 5.85. The number of benzene rings is 1. The minimum atomic E-state index is -0.416. The number of nitrogens with zero attached hydrogens (tertiary/aromatic N) is 4. The zero-order chi connectivity index (χ0) is 12.7. The fourth-order valence-electron chi connectivity index (χ4n) is 1.49. The molecular formula is C11H12ClN5. The number of aryl methyl sites for hydroxylation is 1. The van der Waals surface area contributed by atoms with Gasteiger partial charge in [-0.1, -0.05) is 22.8 Å². The van der Waals surface area contributed by atoms with Gasteiger partial charge < -0.3 is 0 Å². The van der Waals surface area contributed by atoms with Crippen molar-refractivity contribution >= 4 is 11.6 Å². The Morgan fingerprint density at radius 2 is 2.41 bits per heavy atom. The number of azide groups is 1. The van der Waals surface area contributed by atoms with Crippen LogP contribution in [0.2, 0.25) is 5.02 Å². The van der Waals surface area contributed by atoms with Crippen LogP contribution in [0.5, 0.6) is 0 Å². The topological polar surface area (TPSA) is 84.6 Å². The molecule has 0 aromatic heterocycles. The van der Waals surface area contributed by atoms with Crippen molar-refractivity contribution in [2.24, 2.45) is 5.11 Å². The van der Waals surface area contributed by atoms with E-state index in [9.17, 15) is 0 Å². The lowest BCUT2D eigenvalue weighted by Crippen LogP contribution is -2.23. The molecule has 0 radical (unpaired) electrons. The van der Waals surface area contributed by atoms with Gasteiger partial charge in [0.15, 0.2) is 0 Å². The molecule has 0 saturated heterocycles. The van der Waals surface area contributed by atoms with Crippen LogP contribution in [-0.2, 0) is 0 Å². The average molecular weight is 250 g/mol. The van der Waals surface area contributed by atoms with Crippen LogP contribution in [0.25, 0.3) is 10.4 Å². The summed E-state index contributed by atoms with van der Waals surface area (Å²) in [7, 11) is 0. The number of halogens is 1. The molecule has 0 amide bonds. The maximum atomic E-state index is 9.08. The Bertz CT molecular complexity index is 473. The van der Waals surface area contributed by atoms with Gasteiger partial charge in [-0.15, -0.1) is 0 Å². The first-order valence-electron chi connectivity index (χ1n) is 5.09. The Hall–Kier alpha value is -1.73. The van der Waals surface area contributed by atoms with E-state index in [2.05, 4.69) is 21.4 Å². The van der Waals surface area contributed by atoms with Gasteiger partial charge in [0.25, 0.3) is 0 Å². The lowest BCUT2D eigenvalue weighted by molar-refractivity contribution is 0.633. The van der Waals surface area contributed by atoms with Crippen molar-refractivity contribution < 1.29 is 0 Å².